The summed E-state index contributed by atoms with van der Waals surface area (Å²) in [6.07, 6.45) is 3.22. The van der Waals surface area contributed by atoms with Crippen molar-refractivity contribution in [3.63, 3.8) is 0 Å². The van der Waals surface area contributed by atoms with Gasteiger partial charge >= 0.3 is 0 Å². The first-order chi connectivity index (χ1) is 10.2. The Morgan fingerprint density at radius 2 is 1.86 bits per heavy atom. The van der Waals surface area contributed by atoms with Crippen LogP contribution in [0.4, 0.5) is 5.82 Å². The molecule has 0 bridgehead atoms. The summed E-state index contributed by atoms with van der Waals surface area (Å²) in [6, 6.07) is 14.6. The van der Waals surface area contributed by atoms with E-state index in [9.17, 15) is 0 Å². The molecule has 0 radical (unpaired) electrons. The molecule has 2 aromatic carbocycles. The monoisotopic (exact) mass is 294 g/mol. The van der Waals surface area contributed by atoms with Gasteiger partial charge in [-0.05, 0) is 16.3 Å². The highest BCUT2D eigenvalue weighted by Crippen LogP contribution is 2.19. The summed E-state index contributed by atoms with van der Waals surface area (Å²) in [6.45, 7) is 0.683. The number of hydrogen-bond acceptors (Lipinski definition) is 4. The number of nitrogens with zero attached hydrogens (tertiary/aromatic N) is 2. The average molecular weight is 294 g/mol. The molecule has 5 heteroatoms. The minimum Gasteiger partial charge on any atom is -0.388 e. The van der Waals surface area contributed by atoms with Gasteiger partial charge in [-0.25, -0.2) is 9.97 Å². The van der Waals surface area contributed by atoms with Crippen molar-refractivity contribution in [2.75, 3.05) is 5.32 Å². The maximum atomic E-state index is 5.50. The molecule has 0 unspecified atom stereocenters. The van der Waals surface area contributed by atoms with Gasteiger partial charge in [0.05, 0.1) is 12.4 Å². The lowest BCUT2D eigenvalue weighted by molar-refractivity contribution is 1.09. The predicted molar refractivity (Wildman–Crippen MR) is 89.2 cm³/mol. The number of aromatic nitrogens is 2. The van der Waals surface area contributed by atoms with Crippen molar-refractivity contribution in [3.05, 3.63) is 66.1 Å². The number of nitrogens with two attached hydrogens (primary N) is 1. The fraction of sp³-hybridized carbons (Fsp3) is 0.0625. The fourth-order valence-electron chi connectivity index (χ4n) is 2.18. The van der Waals surface area contributed by atoms with Gasteiger partial charge in [-0.2, -0.15) is 0 Å². The Morgan fingerprint density at radius 1 is 1.05 bits per heavy atom. The van der Waals surface area contributed by atoms with Gasteiger partial charge in [0.2, 0.25) is 0 Å². The summed E-state index contributed by atoms with van der Waals surface area (Å²) in [5.41, 5.74) is 7.24. The van der Waals surface area contributed by atoms with Crippen molar-refractivity contribution in [2.45, 2.75) is 6.54 Å². The normalized spacial score (nSPS) is 10.5. The topological polar surface area (TPSA) is 63.8 Å². The summed E-state index contributed by atoms with van der Waals surface area (Å²) in [7, 11) is 0. The van der Waals surface area contributed by atoms with Crippen LogP contribution >= 0.6 is 12.2 Å². The molecule has 3 rings (SSSR count). The Morgan fingerprint density at radius 3 is 2.62 bits per heavy atom. The van der Waals surface area contributed by atoms with Gasteiger partial charge in [-0.3, -0.25) is 0 Å². The van der Waals surface area contributed by atoms with E-state index in [-0.39, 0.29) is 4.99 Å². The van der Waals surface area contributed by atoms with Crippen LogP contribution in [0.15, 0.2) is 54.9 Å². The first kappa shape index (κ1) is 13.5. The second kappa shape index (κ2) is 5.85. The van der Waals surface area contributed by atoms with Crippen molar-refractivity contribution in [3.8, 4) is 0 Å². The van der Waals surface area contributed by atoms with Crippen LogP contribution in [-0.2, 0) is 6.54 Å². The number of fused-ring (bicyclic) bond motifs is 1. The SMILES string of the molecule is NC(=S)c1cnc(NCc2cccc3ccccc23)cn1. The number of anilines is 1. The van der Waals surface area contributed by atoms with Crippen LogP contribution in [-0.4, -0.2) is 15.0 Å². The van der Waals surface area contributed by atoms with Gasteiger partial charge in [0.1, 0.15) is 16.5 Å². The molecule has 3 N–H and O–H groups in total. The molecule has 0 aliphatic carbocycles. The number of thiocarbonyl (C=S) groups is 1. The minimum absolute atomic E-state index is 0.253. The molecule has 0 fully saturated rings. The molecule has 3 aromatic rings. The molecule has 1 heterocycles. The van der Waals surface area contributed by atoms with Crippen LogP contribution in [0.2, 0.25) is 0 Å². The molecule has 104 valence electrons. The molecule has 1 aromatic heterocycles. The Hall–Kier alpha value is -2.53. The van der Waals surface area contributed by atoms with Crippen LogP contribution in [0.25, 0.3) is 10.8 Å². The lowest BCUT2D eigenvalue weighted by Crippen LogP contribution is -2.12. The number of benzene rings is 2. The molecule has 0 atom stereocenters. The van der Waals surface area contributed by atoms with Crippen molar-refractivity contribution in [2.24, 2.45) is 5.73 Å². The highest BCUT2D eigenvalue weighted by Gasteiger charge is 2.02. The summed E-state index contributed by atoms with van der Waals surface area (Å²) in [4.78, 5) is 8.67. The maximum Gasteiger partial charge on any atom is 0.144 e. The molecule has 0 spiro atoms. The van der Waals surface area contributed by atoms with E-state index in [4.69, 9.17) is 18.0 Å². The van der Waals surface area contributed by atoms with Crippen molar-refractivity contribution < 1.29 is 0 Å². The molecule has 0 aliphatic heterocycles. The van der Waals surface area contributed by atoms with E-state index in [2.05, 4.69) is 45.6 Å². The fourth-order valence-corrected chi connectivity index (χ4v) is 2.28. The summed E-state index contributed by atoms with van der Waals surface area (Å²) < 4.78 is 0. The van der Waals surface area contributed by atoms with E-state index < -0.39 is 0 Å². The lowest BCUT2D eigenvalue weighted by Gasteiger charge is -2.09. The van der Waals surface area contributed by atoms with E-state index in [0.717, 1.165) is 0 Å². The second-order valence-electron chi connectivity index (χ2n) is 4.64. The second-order valence-corrected chi connectivity index (χ2v) is 5.08. The van der Waals surface area contributed by atoms with Gasteiger partial charge in [0.15, 0.2) is 0 Å². The van der Waals surface area contributed by atoms with Crippen molar-refractivity contribution in [1.82, 2.24) is 9.97 Å². The van der Waals surface area contributed by atoms with E-state index >= 15 is 0 Å². The largest absolute Gasteiger partial charge is 0.388 e. The van der Waals surface area contributed by atoms with Gasteiger partial charge < -0.3 is 11.1 Å². The Kier molecular flexibility index (Phi) is 3.75. The van der Waals surface area contributed by atoms with E-state index in [1.807, 2.05) is 12.1 Å². The highest BCUT2D eigenvalue weighted by molar-refractivity contribution is 7.80. The quantitative estimate of drug-likeness (QED) is 0.724. The number of nitrogens with one attached hydrogen (secondary N) is 1. The first-order valence-electron chi connectivity index (χ1n) is 6.56. The Bertz CT molecular complexity index is 778. The molecule has 0 amide bonds. The standard InChI is InChI=1S/C16H14N4S/c17-16(21)14-9-20-15(10-18-14)19-8-12-6-3-5-11-4-1-2-7-13(11)12/h1-7,9-10H,8H2,(H2,17,21)(H,19,20). The molecule has 4 nitrogen and oxygen atoms in total. The smallest absolute Gasteiger partial charge is 0.144 e. The van der Waals surface area contributed by atoms with E-state index in [1.54, 1.807) is 12.4 Å². The molecular formula is C16H14N4S. The Labute approximate surface area is 128 Å². The zero-order valence-corrected chi connectivity index (χ0v) is 12.1. The summed E-state index contributed by atoms with van der Waals surface area (Å²) in [5, 5.41) is 5.73. The molecule has 21 heavy (non-hydrogen) atoms. The van der Waals surface area contributed by atoms with Gasteiger partial charge in [0.25, 0.3) is 0 Å². The zero-order chi connectivity index (χ0) is 14.7. The van der Waals surface area contributed by atoms with E-state index in [1.165, 1.54) is 16.3 Å². The molecular weight excluding hydrogens is 280 g/mol. The number of rotatable bonds is 4. The van der Waals surface area contributed by atoms with Crippen LogP contribution in [0.5, 0.6) is 0 Å². The maximum absolute atomic E-state index is 5.50. The van der Waals surface area contributed by atoms with Gasteiger partial charge in [0, 0.05) is 6.54 Å². The number of hydrogen-bond donors (Lipinski definition) is 2. The average Bonchev–Trinajstić information content (AvgIpc) is 2.53. The molecule has 0 saturated heterocycles. The van der Waals surface area contributed by atoms with Crippen LogP contribution in [0, 0.1) is 0 Å². The van der Waals surface area contributed by atoms with Crippen LogP contribution < -0.4 is 11.1 Å². The molecule has 0 saturated carbocycles. The zero-order valence-electron chi connectivity index (χ0n) is 11.3. The third-order valence-corrected chi connectivity index (χ3v) is 3.45. The van der Waals surface area contributed by atoms with Gasteiger partial charge in [-0.15, -0.1) is 0 Å². The Balaban J connectivity index is 1.79. The lowest BCUT2D eigenvalue weighted by atomic mass is 10.0. The minimum atomic E-state index is 0.253. The first-order valence-corrected chi connectivity index (χ1v) is 6.97. The van der Waals surface area contributed by atoms with Crippen molar-refractivity contribution in [1.29, 1.82) is 0 Å². The third kappa shape index (κ3) is 2.98. The van der Waals surface area contributed by atoms with Crippen LogP contribution in [0.1, 0.15) is 11.3 Å². The predicted octanol–water partition coefficient (Wildman–Crippen LogP) is 2.88. The summed E-state index contributed by atoms with van der Waals surface area (Å²) >= 11 is 4.85. The van der Waals surface area contributed by atoms with E-state index in [0.29, 0.717) is 18.1 Å². The van der Waals surface area contributed by atoms with Crippen molar-refractivity contribution >= 4 is 33.8 Å². The molecule has 0 aliphatic rings. The van der Waals surface area contributed by atoms with Crippen LogP contribution in [0.3, 0.4) is 0 Å². The summed E-state index contributed by atoms with van der Waals surface area (Å²) in [5.74, 6) is 0.697. The third-order valence-electron chi connectivity index (χ3n) is 3.24. The van der Waals surface area contributed by atoms with Gasteiger partial charge in [-0.1, -0.05) is 54.7 Å². The highest BCUT2D eigenvalue weighted by atomic mass is 32.1.